The second kappa shape index (κ2) is 4.39. The molecular formula is C13H11ClO4. The zero-order valence-electron chi connectivity index (χ0n) is 9.73. The molecule has 0 saturated carbocycles. The van der Waals surface area contributed by atoms with Crippen molar-refractivity contribution >= 4 is 22.6 Å². The van der Waals surface area contributed by atoms with Gasteiger partial charge in [-0.3, -0.25) is 0 Å². The van der Waals surface area contributed by atoms with Crippen molar-refractivity contribution in [1.29, 1.82) is 0 Å². The summed E-state index contributed by atoms with van der Waals surface area (Å²) in [6, 6.07) is 5.47. The van der Waals surface area contributed by atoms with E-state index >= 15 is 0 Å². The fraction of sp³-hybridized carbons (Fsp3) is 0.308. The Balaban J connectivity index is 2.28. The third kappa shape index (κ3) is 1.82. The summed E-state index contributed by atoms with van der Waals surface area (Å²) in [5.41, 5.74) is 1.24. The number of ether oxygens (including phenoxy) is 2. The quantitative estimate of drug-likeness (QED) is 0.745. The van der Waals surface area contributed by atoms with Crippen LogP contribution in [0.5, 0.6) is 0 Å². The fourth-order valence-electron chi connectivity index (χ4n) is 2.02. The molecule has 0 spiro atoms. The Morgan fingerprint density at radius 1 is 1.28 bits per heavy atom. The van der Waals surface area contributed by atoms with E-state index in [-0.39, 0.29) is 5.56 Å². The maximum absolute atomic E-state index is 11.9. The SMILES string of the molecule is Cc1ccc2oc(=O)c(C3OCCO3)c(Cl)c2c1. The minimum absolute atomic E-state index is 0.243. The van der Waals surface area contributed by atoms with Crippen LogP contribution in [-0.4, -0.2) is 13.2 Å². The van der Waals surface area contributed by atoms with Gasteiger partial charge in [-0.1, -0.05) is 23.2 Å². The van der Waals surface area contributed by atoms with E-state index in [2.05, 4.69) is 0 Å². The summed E-state index contributed by atoms with van der Waals surface area (Å²) in [6.45, 7) is 2.85. The van der Waals surface area contributed by atoms with Gasteiger partial charge in [0.1, 0.15) is 11.1 Å². The third-order valence-electron chi connectivity index (χ3n) is 2.89. The first-order valence-corrected chi connectivity index (χ1v) is 6.00. The number of hydrogen-bond donors (Lipinski definition) is 0. The van der Waals surface area contributed by atoms with E-state index < -0.39 is 11.9 Å². The first-order valence-electron chi connectivity index (χ1n) is 5.63. The topological polar surface area (TPSA) is 48.7 Å². The van der Waals surface area contributed by atoms with Crippen LogP contribution in [0.15, 0.2) is 27.4 Å². The maximum Gasteiger partial charge on any atom is 0.346 e. The number of fused-ring (bicyclic) bond motifs is 1. The molecule has 1 aliphatic heterocycles. The second-order valence-electron chi connectivity index (χ2n) is 4.19. The summed E-state index contributed by atoms with van der Waals surface area (Å²) in [7, 11) is 0. The van der Waals surface area contributed by atoms with Crippen molar-refractivity contribution in [3.8, 4) is 0 Å². The van der Waals surface area contributed by atoms with Crippen molar-refractivity contribution in [3.63, 3.8) is 0 Å². The molecule has 0 amide bonds. The minimum atomic E-state index is -0.723. The van der Waals surface area contributed by atoms with Gasteiger partial charge in [-0.25, -0.2) is 4.79 Å². The Bertz CT molecular complexity index is 656. The highest BCUT2D eigenvalue weighted by Gasteiger charge is 2.26. The van der Waals surface area contributed by atoms with Crippen molar-refractivity contribution in [2.75, 3.05) is 13.2 Å². The van der Waals surface area contributed by atoms with Crippen LogP contribution in [0, 0.1) is 6.92 Å². The number of benzene rings is 1. The molecule has 0 aliphatic carbocycles. The van der Waals surface area contributed by atoms with Crippen LogP contribution < -0.4 is 5.63 Å². The van der Waals surface area contributed by atoms with Crippen molar-refractivity contribution in [2.24, 2.45) is 0 Å². The molecule has 94 valence electrons. The molecule has 1 saturated heterocycles. The Hall–Kier alpha value is -1.36. The molecule has 0 N–H and O–H groups in total. The minimum Gasteiger partial charge on any atom is -0.422 e. The molecule has 2 aromatic rings. The van der Waals surface area contributed by atoms with E-state index in [1.807, 2.05) is 19.1 Å². The van der Waals surface area contributed by atoms with E-state index in [1.54, 1.807) is 6.07 Å². The summed E-state index contributed by atoms with van der Waals surface area (Å²) in [5, 5.41) is 1.04. The van der Waals surface area contributed by atoms with Gasteiger partial charge in [0.25, 0.3) is 0 Å². The highest BCUT2D eigenvalue weighted by Crippen LogP contribution is 2.32. The molecule has 18 heavy (non-hydrogen) atoms. The molecule has 0 atom stereocenters. The summed E-state index contributed by atoms with van der Waals surface area (Å²) < 4.78 is 15.9. The lowest BCUT2D eigenvalue weighted by Crippen LogP contribution is -2.14. The van der Waals surface area contributed by atoms with Crippen LogP contribution in [-0.2, 0) is 9.47 Å². The molecule has 1 aliphatic rings. The van der Waals surface area contributed by atoms with Gasteiger partial charge in [-0.15, -0.1) is 0 Å². The maximum atomic E-state index is 11.9. The van der Waals surface area contributed by atoms with Gasteiger partial charge in [0.05, 0.1) is 18.2 Å². The van der Waals surface area contributed by atoms with E-state index in [0.29, 0.717) is 29.2 Å². The average molecular weight is 267 g/mol. The highest BCUT2D eigenvalue weighted by molar-refractivity contribution is 6.36. The zero-order chi connectivity index (χ0) is 12.7. The van der Waals surface area contributed by atoms with Gasteiger partial charge >= 0.3 is 5.63 Å². The lowest BCUT2D eigenvalue weighted by atomic mass is 10.1. The summed E-state index contributed by atoms with van der Waals surface area (Å²) in [4.78, 5) is 11.9. The second-order valence-corrected chi connectivity index (χ2v) is 4.57. The molecular weight excluding hydrogens is 256 g/mol. The molecule has 1 fully saturated rings. The normalized spacial score (nSPS) is 16.6. The molecule has 4 nitrogen and oxygen atoms in total. The van der Waals surface area contributed by atoms with Gasteiger partial charge in [0, 0.05) is 5.39 Å². The number of rotatable bonds is 1. The van der Waals surface area contributed by atoms with Crippen molar-refractivity contribution in [1.82, 2.24) is 0 Å². The van der Waals surface area contributed by atoms with E-state index in [9.17, 15) is 4.79 Å². The first kappa shape index (κ1) is 11.7. The van der Waals surface area contributed by atoms with Crippen LogP contribution >= 0.6 is 11.6 Å². The van der Waals surface area contributed by atoms with Crippen LogP contribution in [0.4, 0.5) is 0 Å². The van der Waals surface area contributed by atoms with Crippen molar-refractivity contribution in [2.45, 2.75) is 13.2 Å². The van der Waals surface area contributed by atoms with E-state index in [1.165, 1.54) is 0 Å². The average Bonchev–Trinajstić information content (AvgIpc) is 2.84. The van der Waals surface area contributed by atoms with E-state index in [0.717, 1.165) is 5.56 Å². The van der Waals surface area contributed by atoms with E-state index in [4.69, 9.17) is 25.5 Å². The monoisotopic (exact) mass is 266 g/mol. The first-order chi connectivity index (χ1) is 8.66. The van der Waals surface area contributed by atoms with Gasteiger partial charge in [0.2, 0.25) is 0 Å². The predicted octanol–water partition coefficient (Wildman–Crippen LogP) is 2.80. The van der Waals surface area contributed by atoms with Gasteiger partial charge < -0.3 is 13.9 Å². The number of halogens is 1. The Morgan fingerprint density at radius 2 is 2.00 bits per heavy atom. The summed E-state index contributed by atoms with van der Waals surface area (Å²) >= 11 is 6.28. The molecule has 0 bridgehead atoms. The van der Waals surface area contributed by atoms with Crippen molar-refractivity contribution < 1.29 is 13.9 Å². The summed E-state index contributed by atoms with van der Waals surface area (Å²) in [6.07, 6.45) is -0.723. The van der Waals surface area contributed by atoms with Gasteiger partial charge in [-0.2, -0.15) is 0 Å². The fourth-order valence-corrected chi connectivity index (χ4v) is 2.33. The standard InChI is InChI=1S/C13H11ClO4/c1-7-2-3-9-8(6-7)11(14)10(12(15)18-9)13-16-4-5-17-13/h2-3,6,13H,4-5H2,1H3. The Morgan fingerprint density at radius 3 is 2.72 bits per heavy atom. The van der Waals surface area contributed by atoms with Crippen LogP contribution in [0.3, 0.4) is 0 Å². The predicted molar refractivity (Wildman–Crippen MR) is 66.9 cm³/mol. The lowest BCUT2D eigenvalue weighted by Gasteiger charge is -2.11. The molecule has 0 unspecified atom stereocenters. The highest BCUT2D eigenvalue weighted by atomic mass is 35.5. The van der Waals surface area contributed by atoms with Crippen molar-refractivity contribution in [3.05, 3.63) is 44.8 Å². The van der Waals surface area contributed by atoms with Gasteiger partial charge in [0.15, 0.2) is 6.29 Å². The number of hydrogen-bond acceptors (Lipinski definition) is 4. The van der Waals surface area contributed by atoms with Gasteiger partial charge in [-0.05, 0) is 19.1 Å². The molecule has 1 aromatic carbocycles. The molecule has 1 aromatic heterocycles. The van der Waals surface area contributed by atoms with Crippen LogP contribution in [0.25, 0.3) is 11.0 Å². The van der Waals surface area contributed by atoms with Crippen LogP contribution in [0.1, 0.15) is 17.4 Å². The smallest absolute Gasteiger partial charge is 0.346 e. The number of aryl methyl sites for hydroxylation is 1. The zero-order valence-corrected chi connectivity index (χ0v) is 10.5. The Labute approximate surface area is 108 Å². The van der Waals surface area contributed by atoms with Crippen LogP contribution in [0.2, 0.25) is 5.02 Å². The molecule has 3 rings (SSSR count). The lowest BCUT2D eigenvalue weighted by molar-refractivity contribution is -0.0460. The molecule has 2 heterocycles. The molecule has 0 radical (unpaired) electrons. The largest absolute Gasteiger partial charge is 0.422 e. The Kier molecular flexibility index (Phi) is 2.86. The molecule has 5 heteroatoms. The third-order valence-corrected chi connectivity index (χ3v) is 3.30. The summed E-state index contributed by atoms with van der Waals surface area (Å²) in [5.74, 6) is 0.